The smallest absolute Gasteiger partial charge is 0.306 e. The Morgan fingerprint density at radius 2 is 1.71 bits per heavy atom. The number of hydrogen-bond donors (Lipinski definition) is 3. The molecule has 0 spiro atoms. The van der Waals surface area contributed by atoms with Gasteiger partial charge in [-0.15, -0.1) is 0 Å². The third-order valence-electron chi connectivity index (χ3n) is 6.82. The van der Waals surface area contributed by atoms with Gasteiger partial charge in [-0.05, 0) is 54.1 Å². The van der Waals surface area contributed by atoms with Crippen molar-refractivity contribution in [1.82, 2.24) is 10.6 Å². The van der Waals surface area contributed by atoms with Gasteiger partial charge in [-0.25, -0.2) is 0 Å². The van der Waals surface area contributed by atoms with Gasteiger partial charge in [-0.1, -0.05) is 75.7 Å². The Bertz CT molecular complexity index is 951. The average Bonchev–Trinajstić information content (AvgIpc) is 3.20. The Balaban J connectivity index is 1.61. The lowest BCUT2D eigenvalue weighted by molar-refractivity contribution is -0.147. The minimum atomic E-state index is -0.510. The van der Waals surface area contributed by atoms with Gasteiger partial charge < -0.3 is 20.5 Å². The SMILES string of the molecule is [3H]CCNCCCCC(CC(=O)OCC1c2ccccc2-c2ccccc21)C(=O)NC(CO)C(C)C. The van der Waals surface area contributed by atoms with Crippen LogP contribution in [0.1, 0.15) is 64.8 Å². The van der Waals surface area contributed by atoms with Gasteiger partial charge in [0.1, 0.15) is 6.61 Å². The summed E-state index contributed by atoms with van der Waals surface area (Å²) in [7, 11) is 0. The van der Waals surface area contributed by atoms with E-state index in [0.29, 0.717) is 19.9 Å². The van der Waals surface area contributed by atoms with E-state index in [1.165, 1.54) is 11.1 Å². The number of unbranched alkanes of at least 4 members (excludes halogenated alkanes) is 1. The highest BCUT2D eigenvalue weighted by Crippen LogP contribution is 2.44. The number of aliphatic hydroxyl groups is 1. The number of ether oxygens (including phenoxy) is 1. The zero-order valence-corrected chi connectivity index (χ0v) is 21.0. The molecular weight excluding hydrogens is 440 g/mol. The molecule has 0 aromatic heterocycles. The van der Waals surface area contributed by atoms with Crippen LogP contribution in [-0.4, -0.2) is 49.3 Å². The minimum absolute atomic E-state index is 0.0121. The molecule has 0 fully saturated rings. The molecule has 3 N–H and O–H groups in total. The first-order valence-corrected chi connectivity index (χ1v) is 12.7. The molecule has 0 radical (unpaired) electrons. The predicted molar refractivity (Wildman–Crippen MR) is 139 cm³/mol. The molecule has 2 aromatic rings. The molecule has 0 aliphatic heterocycles. The van der Waals surface area contributed by atoms with E-state index in [2.05, 4.69) is 34.9 Å². The monoisotopic (exact) mass is 482 g/mol. The van der Waals surface area contributed by atoms with E-state index in [9.17, 15) is 14.7 Å². The lowest BCUT2D eigenvalue weighted by Crippen LogP contribution is -2.44. The largest absolute Gasteiger partial charge is 0.465 e. The second kappa shape index (κ2) is 13.4. The Kier molecular flexibility index (Phi) is 9.73. The molecule has 6 nitrogen and oxygen atoms in total. The molecule has 2 aromatic carbocycles. The number of carbonyl (C=O) groups is 2. The lowest BCUT2D eigenvalue weighted by Gasteiger charge is -2.24. The predicted octanol–water partition coefficient (Wildman–Crippen LogP) is 4.26. The van der Waals surface area contributed by atoms with Crippen LogP contribution >= 0.6 is 0 Å². The minimum Gasteiger partial charge on any atom is -0.465 e. The van der Waals surface area contributed by atoms with Gasteiger partial charge >= 0.3 is 5.97 Å². The van der Waals surface area contributed by atoms with Crippen LogP contribution in [0.3, 0.4) is 0 Å². The standard InChI is InChI=1S/C29H40N2O4/c1-4-30-16-10-9-11-21(29(34)31-27(18-32)20(2)3)17-28(33)35-19-26-24-14-7-5-12-22(24)23-13-6-8-15-25(23)26/h5-8,12-15,20-21,26-27,30,32H,4,9-11,16-19H2,1-3H3,(H,31,34)/i1T. The normalized spacial score (nSPS) is 14.7. The Hall–Kier alpha value is -2.70. The summed E-state index contributed by atoms with van der Waals surface area (Å²) >= 11 is 0. The van der Waals surface area contributed by atoms with Crippen molar-refractivity contribution in [2.45, 2.75) is 58.4 Å². The van der Waals surface area contributed by atoms with E-state index in [1.54, 1.807) is 0 Å². The number of hydrogen-bond acceptors (Lipinski definition) is 5. The molecule has 1 aliphatic rings. The molecule has 0 bridgehead atoms. The van der Waals surface area contributed by atoms with Gasteiger partial charge in [-0.2, -0.15) is 0 Å². The summed E-state index contributed by atoms with van der Waals surface area (Å²) in [6.07, 6.45) is 2.22. The molecule has 2 atom stereocenters. The maximum Gasteiger partial charge on any atom is 0.306 e. The van der Waals surface area contributed by atoms with E-state index >= 15 is 0 Å². The molecule has 2 unspecified atom stereocenters. The number of amides is 1. The molecular formula is C29H40N2O4. The van der Waals surface area contributed by atoms with E-state index in [1.807, 2.05) is 38.1 Å². The van der Waals surface area contributed by atoms with Crippen molar-refractivity contribution in [3.8, 4) is 11.1 Å². The van der Waals surface area contributed by atoms with Crippen LogP contribution < -0.4 is 10.6 Å². The zero-order valence-electron chi connectivity index (χ0n) is 22.0. The number of fused-ring (bicyclic) bond motifs is 3. The van der Waals surface area contributed by atoms with Crippen LogP contribution in [0.4, 0.5) is 0 Å². The van der Waals surface area contributed by atoms with Crippen LogP contribution in [0.15, 0.2) is 48.5 Å². The zero-order chi connectivity index (χ0) is 25.9. The molecule has 0 saturated heterocycles. The molecule has 0 saturated carbocycles. The summed E-state index contributed by atoms with van der Waals surface area (Å²) in [5.74, 6) is -1.03. The summed E-state index contributed by atoms with van der Waals surface area (Å²) in [5, 5.41) is 15.8. The van der Waals surface area contributed by atoms with Crippen LogP contribution in [-0.2, 0) is 14.3 Å². The third kappa shape index (κ3) is 7.15. The number of nitrogens with one attached hydrogen (secondary N) is 2. The summed E-state index contributed by atoms with van der Waals surface area (Å²) < 4.78 is 13.0. The van der Waals surface area contributed by atoms with E-state index < -0.39 is 5.92 Å². The van der Waals surface area contributed by atoms with Crippen LogP contribution in [0, 0.1) is 11.8 Å². The first kappa shape index (κ1) is 25.4. The van der Waals surface area contributed by atoms with Crippen molar-refractivity contribution in [2.75, 3.05) is 26.3 Å². The second-order valence-corrected chi connectivity index (χ2v) is 9.60. The molecule has 1 aliphatic carbocycles. The summed E-state index contributed by atoms with van der Waals surface area (Å²) in [6.45, 7) is 5.76. The van der Waals surface area contributed by atoms with Crippen molar-refractivity contribution < 1.29 is 20.8 Å². The number of rotatable bonds is 14. The summed E-state index contributed by atoms with van der Waals surface area (Å²) in [5.41, 5.74) is 4.66. The van der Waals surface area contributed by atoms with Gasteiger partial charge in [0.2, 0.25) is 5.91 Å². The molecule has 3 rings (SSSR count). The van der Waals surface area contributed by atoms with Crippen LogP contribution in [0.5, 0.6) is 0 Å². The number of benzene rings is 2. The van der Waals surface area contributed by atoms with Crippen molar-refractivity contribution in [2.24, 2.45) is 11.8 Å². The van der Waals surface area contributed by atoms with Crippen LogP contribution in [0.25, 0.3) is 11.1 Å². The number of carbonyl (C=O) groups excluding carboxylic acids is 2. The molecule has 6 heteroatoms. The maximum absolute atomic E-state index is 13.0. The van der Waals surface area contributed by atoms with E-state index in [0.717, 1.165) is 30.5 Å². The lowest BCUT2D eigenvalue weighted by atomic mass is 9.95. The van der Waals surface area contributed by atoms with Crippen molar-refractivity contribution in [1.29, 1.82) is 0 Å². The molecule has 35 heavy (non-hydrogen) atoms. The maximum atomic E-state index is 13.0. The van der Waals surface area contributed by atoms with Crippen LogP contribution in [0.2, 0.25) is 0 Å². The summed E-state index contributed by atoms with van der Waals surface area (Å²) in [6, 6.07) is 16.1. The van der Waals surface area contributed by atoms with Crippen molar-refractivity contribution >= 4 is 11.9 Å². The fourth-order valence-electron chi connectivity index (χ4n) is 4.69. The molecule has 1 amide bonds. The second-order valence-electron chi connectivity index (χ2n) is 9.60. The molecule has 190 valence electrons. The summed E-state index contributed by atoms with van der Waals surface area (Å²) in [4.78, 5) is 26.0. The van der Waals surface area contributed by atoms with Crippen molar-refractivity contribution in [3.05, 3.63) is 59.7 Å². The highest BCUT2D eigenvalue weighted by Gasteiger charge is 2.30. The van der Waals surface area contributed by atoms with Gasteiger partial charge in [-0.3, -0.25) is 9.59 Å². The topological polar surface area (TPSA) is 87.7 Å². The Labute approximate surface area is 210 Å². The number of aliphatic hydroxyl groups excluding tert-OH is 1. The fourth-order valence-corrected chi connectivity index (χ4v) is 4.69. The Morgan fingerprint density at radius 1 is 1.06 bits per heavy atom. The third-order valence-corrected chi connectivity index (χ3v) is 6.82. The van der Waals surface area contributed by atoms with E-state index in [4.69, 9.17) is 6.11 Å². The quantitative estimate of drug-likeness (QED) is 0.277. The average molecular weight is 483 g/mol. The van der Waals surface area contributed by atoms with E-state index in [-0.39, 0.29) is 49.4 Å². The first-order valence-electron chi connectivity index (χ1n) is 13.4. The Morgan fingerprint density at radius 3 is 2.31 bits per heavy atom. The highest BCUT2D eigenvalue weighted by molar-refractivity contribution is 5.84. The number of esters is 1. The van der Waals surface area contributed by atoms with Gasteiger partial charge in [0.05, 0.1) is 19.1 Å². The highest BCUT2D eigenvalue weighted by atomic mass is 16.5. The van der Waals surface area contributed by atoms with Gasteiger partial charge in [0.25, 0.3) is 0 Å². The van der Waals surface area contributed by atoms with Crippen molar-refractivity contribution in [3.63, 3.8) is 0 Å². The van der Waals surface area contributed by atoms with Gasteiger partial charge in [0, 0.05) is 13.2 Å². The first-order chi connectivity index (χ1) is 17.5. The molecule has 0 heterocycles. The van der Waals surface area contributed by atoms with Gasteiger partial charge in [0.15, 0.2) is 0 Å². The fraction of sp³-hybridized carbons (Fsp3) is 0.517.